The minimum atomic E-state index is 0.846. The van der Waals surface area contributed by atoms with E-state index < -0.39 is 0 Å². The minimum Gasteiger partial charge on any atom is -0.383 e. The maximum absolute atomic E-state index is 4.67. The lowest BCUT2D eigenvalue weighted by Gasteiger charge is -2.11. The predicted molar refractivity (Wildman–Crippen MR) is 86.6 cm³/mol. The van der Waals surface area contributed by atoms with Crippen molar-refractivity contribution in [3.05, 3.63) is 54.0 Å². The fourth-order valence-electron chi connectivity index (χ4n) is 2.45. The summed E-state index contributed by atoms with van der Waals surface area (Å²) in [5, 5.41) is 9.00. The second kappa shape index (κ2) is 5.95. The summed E-state index contributed by atoms with van der Waals surface area (Å²) in [5.74, 6) is 0. The lowest BCUT2D eigenvalue weighted by atomic mass is 10.1. The van der Waals surface area contributed by atoms with Gasteiger partial charge >= 0.3 is 0 Å². The fourth-order valence-corrected chi connectivity index (χ4v) is 2.45. The molecule has 0 spiro atoms. The Labute approximate surface area is 124 Å². The quantitative estimate of drug-likeness (QED) is 0.778. The van der Waals surface area contributed by atoms with Crippen LogP contribution in [0.15, 0.2) is 42.7 Å². The highest BCUT2D eigenvalue weighted by Gasteiger charge is 2.04. The zero-order valence-electron chi connectivity index (χ0n) is 12.5. The molecule has 0 atom stereocenters. The van der Waals surface area contributed by atoms with E-state index in [2.05, 4.69) is 59.7 Å². The van der Waals surface area contributed by atoms with Crippen LogP contribution < -0.4 is 5.32 Å². The highest BCUT2D eigenvalue weighted by Crippen LogP contribution is 2.23. The van der Waals surface area contributed by atoms with Crippen molar-refractivity contribution >= 4 is 16.6 Å². The molecule has 0 saturated heterocycles. The molecule has 0 radical (unpaired) electrons. The second-order valence-corrected chi connectivity index (χ2v) is 5.24. The molecular weight excluding hydrogens is 260 g/mol. The molecule has 2 heterocycles. The number of fused-ring (bicyclic) bond motifs is 1. The van der Waals surface area contributed by atoms with Gasteiger partial charge < -0.3 is 5.32 Å². The highest BCUT2D eigenvalue weighted by molar-refractivity contribution is 5.91. The largest absolute Gasteiger partial charge is 0.383 e. The van der Waals surface area contributed by atoms with Gasteiger partial charge in [-0.3, -0.25) is 9.67 Å². The number of hydrogen-bond donors (Lipinski definition) is 1. The van der Waals surface area contributed by atoms with Gasteiger partial charge in [-0.15, -0.1) is 0 Å². The number of aryl methyl sites for hydroxylation is 2. The van der Waals surface area contributed by atoms with Gasteiger partial charge in [0, 0.05) is 29.5 Å². The van der Waals surface area contributed by atoms with E-state index >= 15 is 0 Å². The Bertz CT molecular complexity index is 745. The molecule has 4 nitrogen and oxygen atoms in total. The first-order valence-corrected chi connectivity index (χ1v) is 7.38. The van der Waals surface area contributed by atoms with Gasteiger partial charge in [-0.1, -0.05) is 25.1 Å². The summed E-state index contributed by atoms with van der Waals surface area (Å²) in [6, 6.07) is 10.4. The number of benzene rings is 1. The molecule has 0 fully saturated rings. The normalized spacial score (nSPS) is 11.0. The van der Waals surface area contributed by atoms with Crippen molar-refractivity contribution in [3.8, 4) is 0 Å². The summed E-state index contributed by atoms with van der Waals surface area (Å²) in [4.78, 5) is 4.67. The average molecular weight is 280 g/mol. The van der Waals surface area contributed by atoms with Crippen LogP contribution in [0.5, 0.6) is 0 Å². The van der Waals surface area contributed by atoms with Crippen molar-refractivity contribution < 1.29 is 0 Å². The lowest BCUT2D eigenvalue weighted by molar-refractivity contribution is 0.637. The molecular formula is C17H20N4. The Kier molecular flexibility index (Phi) is 3.86. The van der Waals surface area contributed by atoms with E-state index in [0.29, 0.717) is 0 Å². The monoisotopic (exact) mass is 280 g/mol. The van der Waals surface area contributed by atoms with Crippen LogP contribution in [0.25, 0.3) is 10.9 Å². The van der Waals surface area contributed by atoms with E-state index in [9.17, 15) is 0 Å². The number of anilines is 1. The number of aromatic nitrogens is 3. The first kappa shape index (κ1) is 13.6. The second-order valence-electron chi connectivity index (χ2n) is 5.24. The molecule has 0 saturated carbocycles. The summed E-state index contributed by atoms with van der Waals surface area (Å²) in [6.45, 7) is 5.89. The van der Waals surface area contributed by atoms with E-state index in [0.717, 1.165) is 36.4 Å². The number of para-hydroxylation sites is 1. The zero-order chi connectivity index (χ0) is 14.7. The minimum absolute atomic E-state index is 0.846. The highest BCUT2D eigenvalue weighted by atomic mass is 15.3. The van der Waals surface area contributed by atoms with E-state index in [1.807, 2.05) is 16.9 Å². The standard InChI is InChI=1S/C17H20N4/c1-3-14-10-17(15-6-4-5-7-16(15)20-14)18-8-9-21-12-13(2)11-19-21/h4-7,10-12H,3,8-9H2,1-2H3,(H,18,20). The van der Waals surface area contributed by atoms with E-state index in [1.165, 1.54) is 10.9 Å². The van der Waals surface area contributed by atoms with Gasteiger partial charge in [0.1, 0.15) is 0 Å². The van der Waals surface area contributed by atoms with Gasteiger partial charge in [0.2, 0.25) is 0 Å². The Morgan fingerprint density at radius 3 is 2.86 bits per heavy atom. The van der Waals surface area contributed by atoms with Gasteiger partial charge in [0.05, 0.1) is 18.3 Å². The van der Waals surface area contributed by atoms with Crippen molar-refractivity contribution in [2.45, 2.75) is 26.8 Å². The first-order chi connectivity index (χ1) is 10.3. The third kappa shape index (κ3) is 3.05. The molecule has 0 bridgehead atoms. The van der Waals surface area contributed by atoms with Crippen LogP contribution in [0.2, 0.25) is 0 Å². The Hall–Kier alpha value is -2.36. The van der Waals surface area contributed by atoms with E-state index in [1.54, 1.807) is 0 Å². The van der Waals surface area contributed by atoms with Crippen molar-refractivity contribution in [2.75, 3.05) is 11.9 Å². The number of rotatable bonds is 5. The summed E-state index contributed by atoms with van der Waals surface area (Å²) >= 11 is 0. The van der Waals surface area contributed by atoms with E-state index in [-0.39, 0.29) is 0 Å². The molecule has 0 aliphatic carbocycles. The van der Waals surface area contributed by atoms with Crippen LogP contribution in [0.1, 0.15) is 18.2 Å². The SMILES string of the molecule is CCc1cc(NCCn2cc(C)cn2)c2ccccc2n1. The molecule has 1 N–H and O–H groups in total. The topological polar surface area (TPSA) is 42.7 Å². The summed E-state index contributed by atoms with van der Waals surface area (Å²) in [6.07, 6.45) is 4.89. The van der Waals surface area contributed by atoms with Gasteiger partial charge in [-0.05, 0) is 31.0 Å². The molecule has 108 valence electrons. The molecule has 21 heavy (non-hydrogen) atoms. The van der Waals surface area contributed by atoms with Crippen molar-refractivity contribution in [3.63, 3.8) is 0 Å². The summed E-state index contributed by atoms with van der Waals surface area (Å²) in [5.41, 5.74) is 4.51. The van der Waals surface area contributed by atoms with E-state index in [4.69, 9.17) is 0 Å². The van der Waals surface area contributed by atoms with Crippen molar-refractivity contribution in [1.29, 1.82) is 0 Å². The van der Waals surface area contributed by atoms with Crippen LogP contribution in [0.3, 0.4) is 0 Å². The lowest BCUT2D eigenvalue weighted by Crippen LogP contribution is -2.11. The van der Waals surface area contributed by atoms with Gasteiger partial charge in [0.25, 0.3) is 0 Å². The molecule has 0 aliphatic heterocycles. The number of pyridine rings is 1. The maximum Gasteiger partial charge on any atom is 0.0726 e. The molecule has 0 aliphatic rings. The van der Waals surface area contributed by atoms with Crippen molar-refractivity contribution in [2.24, 2.45) is 0 Å². The van der Waals surface area contributed by atoms with Crippen LogP contribution in [0, 0.1) is 6.92 Å². The maximum atomic E-state index is 4.67. The molecule has 3 aromatic rings. The van der Waals surface area contributed by atoms with Crippen LogP contribution in [0.4, 0.5) is 5.69 Å². The van der Waals surface area contributed by atoms with Gasteiger partial charge in [-0.25, -0.2) is 0 Å². The third-order valence-corrected chi connectivity index (χ3v) is 3.55. The predicted octanol–water partition coefficient (Wildman–Crippen LogP) is 3.41. The summed E-state index contributed by atoms with van der Waals surface area (Å²) in [7, 11) is 0. The Morgan fingerprint density at radius 1 is 1.24 bits per heavy atom. The average Bonchev–Trinajstić information content (AvgIpc) is 2.92. The molecule has 3 rings (SSSR count). The fraction of sp³-hybridized carbons (Fsp3) is 0.294. The molecule has 1 aromatic carbocycles. The van der Waals surface area contributed by atoms with Gasteiger partial charge in [0.15, 0.2) is 0 Å². The van der Waals surface area contributed by atoms with Crippen LogP contribution >= 0.6 is 0 Å². The third-order valence-electron chi connectivity index (χ3n) is 3.55. The Morgan fingerprint density at radius 2 is 2.10 bits per heavy atom. The zero-order valence-corrected chi connectivity index (χ0v) is 12.5. The van der Waals surface area contributed by atoms with Crippen LogP contribution in [-0.4, -0.2) is 21.3 Å². The molecule has 4 heteroatoms. The number of nitrogens with zero attached hydrogens (tertiary/aromatic N) is 3. The first-order valence-electron chi connectivity index (χ1n) is 7.38. The smallest absolute Gasteiger partial charge is 0.0726 e. The number of hydrogen-bond acceptors (Lipinski definition) is 3. The molecule has 2 aromatic heterocycles. The molecule has 0 amide bonds. The Balaban J connectivity index is 1.79. The van der Waals surface area contributed by atoms with Gasteiger partial charge in [-0.2, -0.15) is 5.10 Å². The summed E-state index contributed by atoms with van der Waals surface area (Å²) < 4.78 is 1.96. The molecule has 0 unspecified atom stereocenters. The number of nitrogens with one attached hydrogen (secondary N) is 1. The van der Waals surface area contributed by atoms with Crippen LogP contribution in [-0.2, 0) is 13.0 Å². The van der Waals surface area contributed by atoms with Crippen molar-refractivity contribution in [1.82, 2.24) is 14.8 Å².